The van der Waals surface area contributed by atoms with E-state index in [2.05, 4.69) is 38.0 Å². The highest BCUT2D eigenvalue weighted by atomic mass is 16.6. The van der Waals surface area contributed by atoms with E-state index < -0.39 is 17.7 Å². The molecule has 1 aliphatic rings. The number of amides is 2. The van der Waals surface area contributed by atoms with Crippen molar-refractivity contribution in [3.05, 3.63) is 66.1 Å². The summed E-state index contributed by atoms with van der Waals surface area (Å²) in [6.07, 6.45) is 5.51. The molecule has 8 heteroatoms. The molecule has 3 heterocycles. The number of rotatable bonds is 6. The Morgan fingerprint density at radius 3 is 2.51 bits per heavy atom. The van der Waals surface area contributed by atoms with Crippen LogP contribution >= 0.6 is 0 Å². The van der Waals surface area contributed by atoms with Crippen LogP contribution in [-0.2, 0) is 29.5 Å². The first-order valence-corrected chi connectivity index (χ1v) is 12.1. The SMILES string of the molecule is Cn1cc(C[C@@H](NC(=O)OC(C)(C)C)C(=O)N2CCN(Cc3cccnc3)CC2)c2ccccc21. The third-order valence-electron chi connectivity index (χ3n) is 6.21. The van der Waals surface area contributed by atoms with Crippen molar-refractivity contribution in [3.8, 4) is 0 Å². The molecule has 1 saturated heterocycles. The zero-order chi connectivity index (χ0) is 25.0. The molecule has 1 aromatic carbocycles. The van der Waals surface area contributed by atoms with E-state index in [0.29, 0.717) is 19.5 Å². The molecule has 0 saturated carbocycles. The van der Waals surface area contributed by atoms with Gasteiger partial charge in [0.1, 0.15) is 11.6 Å². The maximum absolute atomic E-state index is 13.6. The Morgan fingerprint density at radius 1 is 1.09 bits per heavy atom. The molecular weight excluding hydrogens is 442 g/mol. The molecule has 8 nitrogen and oxygen atoms in total. The maximum Gasteiger partial charge on any atom is 0.408 e. The highest BCUT2D eigenvalue weighted by Gasteiger charge is 2.31. The number of nitrogens with one attached hydrogen (secondary N) is 1. The van der Waals surface area contributed by atoms with Crippen LogP contribution in [0.4, 0.5) is 4.79 Å². The fourth-order valence-corrected chi connectivity index (χ4v) is 4.55. The van der Waals surface area contributed by atoms with Gasteiger partial charge in [-0.3, -0.25) is 14.7 Å². The highest BCUT2D eigenvalue weighted by molar-refractivity contribution is 5.88. The van der Waals surface area contributed by atoms with Gasteiger partial charge in [0, 0.05) is 75.7 Å². The van der Waals surface area contributed by atoms with Gasteiger partial charge < -0.3 is 19.5 Å². The summed E-state index contributed by atoms with van der Waals surface area (Å²) in [5, 5.41) is 3.94. The summed E-state index contributed by atoms with van der Waals surface area (Å²) in [7, 11) is 1.99. The molecule has 3 aromatic rings. The molecule has 0 spiro atoms. The molecule has 1 fully saturated rings. The molecule has 186 valence electrons. The minimum atomic E-state index is -0.708. The first-order chi connectivity index (χ1) is 16.7. The molecule has 2 aromatic heterocycles. The first-order valence-electron chi connectivity index (χ1n) is 12.1. The van der Waals surface area contributed by atoms with Crippen molar-refractivity contribution in [1.82, 2.24) is 24.7 Å². The van der Waals surface area contributed by atoms with Crippen molar-refractivity contribution < 1.29 is 14.3 Å². The quantitative estimate of drug-likeness (QED) is 0.589. The largest absolute Gasteiger partial charge is 0.444 e. The number of carbonyl (C=O) groups excluding carboxylic acids is 2. The number of ether oxygens (including phenoxy) is 1. The number of hydrogen-bond donors (Lipinski definition) is 1. The molecule has 1 aliphatic heterocycles. The summed E-state index contributed by atoms with van der Waals surface area (Å²) in [6, 6.07) is 11.4. The number of benzene rings is 1. The summed E-state index contributed by atoms with van der Waals surface area (Å²) >= 11 is 0. The Hall–Kier alpha value is -3.39. The lowest BCUT2D eigenvalue weighted by molar-refractivity contribution is -0.135. The van der Waals surface area contributed by atoms with Gasteiger partial charge in [-0.05, 0) is 44.0 Å². The number of nitrogens with zero attached hydrogens (tertiary/aromatic N) is 4. The van der Waals surface area contributed by atoms with Gasteiger partial charge in [-0.25, -0.2) is 4.79 Å². The summed E-state index contributed by atoms with van der Waals surface area (Å²) in [5.41, 5.74) is 2.63. The van der Waals surface area contributed by atoms with Gasteiger partial charge in [0.05, 0.1) is 0 Å². The van der Waals surface area contributed by atoms with Crippen molar-refractivity contribution in [2.24, 2.45) is 7.05 Å². The summed E-state index contributed by atoms with van der Waals surface area (Å²) in [4.78, 5) is 34.6. The number of fused-ring (bicyclic) bond motifs is 1. The van der Waals surface area contributed by atoms with E-state index in [1.807, 2.05) is 63.3 Å². The minimum Gasteiger partial charge on any atom is -0.444 e. The Bertz CT molecular complexity index is 1160. The van der Waals surface area contributed by atoms with E-state index in [-0.39, 0.29) is 5.91 Å². The Labute approximate surface area is 206 Å². The van der Waals surface area contributed by atoms with Crippen LogP contribution in [0, 0.1) is 0 Å². The molecule has 0 bridgehead atoms. The van der Waals surface area contributed by atoms with Gasteiger partial charge >= 0.3 is 6.09 Å². The van der Waals surface area contributed by atoms with Crippen molar-refractivity contribution >= 4 is 22.9 Å². The second kappa shape index (κ2) is 10.5. The normalized spacial score (nSPS) is 15.7. The topological polar surface area (TPSA) is 79.7 Å². The van der Waals surface area contributed by atoms with Crippen LogP contribution < -0.4 is 5.32 Å². The van der Waals surface area contributed by atoms with Gasteiger partial charge in [0.2, 0.25) is 5.91 Å². The maximum atomic E-state index is 13.6. The van der Waals surface area contributed by atoms with Crippen LogP contribution in [0.3, 0.4) is 0 Å². The van der Waals surface area contributed by atoms with Crippen molar-refractivity contribution in [2.45, 2.75) is 45.4 Å². The van der Waals surface area contributed by atoms with Crippen LogP contribution in [0.15, 0.2) is 55.0 Å². The molecular formula is C27H35N5O3. The number of aryl methyl sites for hydroxylation is 1. The number of aromatic nitrogens is 2. The Morgan fingerprint density at radius 2 is 1.83 bits per heavy atom. The number of alkyl carbamates (subject to hydrolysis) is 1. The third-order valence-corrected chi connectivity index (χ3v) is 6.21. The van der Waals surface area contributed by atoms with Crippen LogP contribution in [0.5, 0.6) is 0 Å². The van der Waals surface area contributed by atoms with Gasteiger partial charge in [0.25, 0.3) is 0 Å². The average Bonchev–Trinajstić information content (AvgIpc) is 3.13. The molecule has 35 heavy (non-hydrogen) atoms. The number of hydrogen-bond acceptors (Lipinski definition) is 5. The molecule has 1 N–H and O–H groups in total. The van der Waals surface area contributed by atoms with Gasteiger partial charge in [0.15, 0.2) is 0 Å². The average molecular weight is 478 g/mol. The van der Waals surface area contributed by atoms with E-state index in [4.69, 9.17) is 4.74 Å². The van der Waals surface area contributed by atoms with Crippen LogP contribution in [-0.4, -0.2) is 69.2 Å². The zero-order valence-electron chi connectivity index (χ0n) is 21.0. The second-order valence-electron chi connectivity index (χ2n) is 10.1. The fourth-order valence-electron chi connectivity index (χ4n) is 4.55. The molecule has 0 unspecified atom stereocenters. The fraction of sp³-hybridized carbons (Fsp3) is 0.444. The zero-order valence-corrected chi connectivity index (χ0v) is 21.0. The lowest BCUT2D eigenvalue weighted by atomic mass is 10.0. The minimum absolute atomic E-state index is 0.0789. The predicted octanol–water partition coefficient (Wildman–Crippen LogP) is 3.35. The van der Waals surface area contributed by atoms with Crippen LogP contribution in [0.1, 0.15) is 31.9 Å². The van der Waals surface area contributed by atoms with E-state index >= 15 is 0 Å². The first kappa shape index (κ1) is 24.7. The van der Waals surface area contributed by atoms with Gasteiger partial charge in [-0.1, -0.05) is 24.3 Å². The monoisotopic (exact) mass is 477 g/mol. The van der Waals surface area contributed by atoms with Gasteiger partial charge in [-0.2, -0.15) is 0 Å². The van der Waals surface area contributed by atoms with E-state index in [0.717, 1.165) is 41.7 Å². The van der Waals surface area contributed by atoms with Crippen molar-refractivity contribution in [1.29, 1.82) is 0 Å². The van der Waals surface area contributed by atoms with Crippen LogP contribution in [0.2, 0.25) is 0 Å². The summed E-state index contributed by atoms with van der Waals surface area (Å²) in [6.45, 7) is 9.02. The predicted molar refractivity (Wildman–Crippen MR) is 136 cm³/mol. The highest BCUT2D eigenvalue weighted by Crippen LogP contribution is 2.22. The van der Waals surface area contributed by atoms with Crippen molar-refractivity contribution in [3.63, 3.8) is 0 Å². The van der Waals surface area contributed by atoms with E-state index in [9.17, 15) is 9.59 Å². The Kier molecular flexibility index (Phi) is 7.40. The smallest absolute Gasteiger partial charge is 0.408 e. The van der Waals surface area contributed by atoms with E-state index in [1.54, 1.807) is 6.20 Å². The van der Waals surface area contributed by atoms with Crippen molar-refractivity contribution in [2.75, 3.05) is 26.2 Å². The number of piperazine rings is 1. The third kappa shape index (κ3) is 6.39. The molecule has 1 atom stereocenters. The standard InChI is InChI=1S/C27H35N5O3/c1-27(2,3)35-26(34)29-23(16-21-19-30(4)24-10-6-5-9-22(21)24)25(33)32-14-12-31(13-15-32)18-20-8-7-11-28-17-20/h5-11,17,19,23H,12-16,18H2,1-4H3,(H,29,34)/t23-/m1/s1. The lowest BCUT2D eigenvalue weighted by Gasteiger charge is -2.36. The van der Waals surface area contributed by atoms with Gasteiger partial charge in [-0.15, -0.1) is 0 Å². The number of carbonyl (C=O) groups is 2. The number of para-hydroxylation sites is 1. The molecule has 0 radical (unpaired) electrons. The molecule has 2 amide bonds. The summed E-state index contributed by atoms with van der Waals surface area (Å²) < 4.78 is 7.53. The van der Waals surface area contributed by atoms with E-state index in [1.165, 1.54) is 0 Å². The summed E-state index contributed by atoms with van der Waals surface area (Å²) in [5.74, 6) is -0.0789. The van der Waals surface area contributed by atoms with Crippen LogP contribution in [0.25, 0.3) is 10.9 Å². The number of pyridine rings is 1. The Balaban J connectivity index is 1.47. The molecule has 4 rings (SSSR count). The second-order valence-corrected chi connectivity index (χ2v) is 10.1. The lowest BCUT2D eigenvalue weighted by Crippen LogP contribution is -2.55. The molecule has 0 aliphatic carbocycles.